The van der Waals surface area contributed by atoms with Gasteiger partial charge >= 0.3 is 5.97 Å². The molecule has 35 heavy (non-hydrogen) atoms. The quantitative estimate of drug-likeness (QED) is 0.305. The van der Waals surface area contributed by atoms with Crippen LogP contribution < -0.4 is 16.2 Å². The summed E-state index contributed by atoms with van der Waals surface area (Å²) in [5.74, 6) is -1.70. The van der Waals surface area contributed by atoms with Crippen molar-refractivity contribution < 1.29 is 24.2 Å². The number of rotatable bonds is 14. The first-order valence-corrected chi connectivity index (χ1v) is 11.5. The van der Waals surface area contributed by atoms with Crippen molar-refractivity contribution in [3.05, 3.63) is 70.8 Å². The fourth-order valence-corrected chi connectivity index (χ4v) is 3.32. The number of unbranched alkanes of at least 4 members (excludes halogenated alkanes) is 1. The zero-order valence-corrected chi connectivity index (χ0v) is 20.0. The Kier molecular flexibility index (Phi) is 11.4. The van der Waals surface area contributed by atoms with Crippen molar-refractivity contribution >= 4 is 17.8 Å². The molecule has 2 rings (SSSR count). The number of amides is 2. The van der Waals surface area contributed by atoms with Gasteiger partial charge in [0.25, 0.3) is 0 Å². The Morgan fingerprint density at radius 1 is 1.11 bits per heavy atom. The molecule has 9 heteroatoms. The fourth-order valence-electron chi connectivity index (χ4n) is 3.32. The average molecular weight is 481 g/mol. The van der Waals surface area contributed by atoms with Crippen molar-refractivity contribution in [3.63, 3.8) is 0 Å². The highest BCUT2D eigenvalue weighted by atomic mass is 16.5. The Morgan fingerprint density at radius 2 is 1.86 bits per heavy atom. The number of carboxylic acid groups (broad SMARTS) is 1. The number of aromatic carboxylic acids is 1. The molecule has 0 aliphatic heterocycles. The van der Waals surface area contributed by atoms with Gasteiger partial charge in [-0.2, -0.15) is 5.26 Å². The SMILES string of the molecule is CCCCC(=O)NN[C@@H](Cc1cccc(C)c1)C(=O)N[C@H](C#N)COCc1cccc(C(=O)O)c1. The number of carbonyl (C=O) groups excluding carboxylic acids is 2. The van der Waals surface area contributed by atoms with Crippen LogP contribution >= 0.6 is 0 Å². The van der Waals surface area contributed by atoms with E-state index in [0.29, 0.717) is 18.4 Å². The van der Waals surface area contributed by atoms with Crippen LogP contribution in [0.3, 0.4) is 0 Å². The number of benzene rings is 2. The molecule has 4 N–H and O–H groups in total. The van der Waals surface area contributed by atoms with Gasteiger partial charge in [-0.15, -0.1) is 0 Å². The van der Waals surface area contributed by atoms with Gasteiger partial charge in [0.1, 0.15) is 12.1 Å². The van der Waals surface area contributed by atoms with Crippen molar-refractivity contribution in [1.82, 2.24) is 16.2 Å². The van der Waals surface area contributed by atoms with Crippen LogP contribution in [0, 0.1) is 18.3 Å². The van der Waals surface area contributed by atoms with Gasteiger partial charge in [-0.25, -0.2) is 10.2 Å². The van der Waals surface area contributed by atoms with E-state index >= 15 is 0 Å². The van der Waals surface area contributed by atoms with E-state index < -0.39 is 24.0 Å². The highest BCUT2D eigenvalue weighted by Gasteiger charge is 2.23. The van der Waals surface area contributed by atoms with E-state index in [1.807, 2.05) is 44.2 Å². The molecule has 2 aromatic rings. The number of nitrogens with one attached hydrogen (secondary N) is 3. The van der Waals surface area contributed by atoms with E-state index in [-0.39, 0.29) is 24.7 Å². The molecule has 0 fully saturated rings. The van der Waals surface area contributed by atoms with Gasteiger partial charge in [0.05, 0.1) is 24.8 Å². The van der Waals surface area contributed by atoms with Gasteiger partial charge in [-0.3, -0.25) is 15.0 Å². The Balaban J connectivity index is 1.98. The topological polar surface area (TPSA) is 141 Å². The normalized spacial score (nSPS) is 12.3. The molecule has 0 heterocycles. The van der Waals surface area contributed by atoms with E-state index in [0.717, 1.165) is 24.0 Å². The lowest BCUT2D eigenvalue weighted by Crippen LogP contribution is -2.54. The Morgan fingerprint density at radius 3 is 2.54 bits per heavy atom. The molecule has 0 bridgehead atoms. The van der Waals surface area contributed by atoms with Gasteiger partial charge in [-0.1, -0.05) is 55.3 Å². The molecule has 0 saturated carbocycles. The van der Waals surface area contributed by atoms with Gasteiger partial charge < -0.3 is 15.2 Å². The van der Waals surface area contributed by atoms with Crippen LogP contribution in [0.5, 0.6) is 0 Å². The van der Waals surface area contributed by atoms with E-state index in [1.165, 1.54) is 12.1 Å². The number of hydrazine groups is 1. The summed E-state index contributed by atoms with van der Waals surface area (Å²) in [5.41, 5.74) is 8.13. The highest BCUT2D eigenvalue weighted by molar-refractivity contribution is 5.87. The number of nitrogens with zero attached hydrogens (tertiary/aromatic N) is 1. The number of carbonyl (C=O) groups is 3. The van der Waals surface area contributed by atoms with Gasteiger partial charge in [0, 0.05) is 6.42 Å². The number of hydrogen-bond acceptors (Lipinski definition) is 6. The molecular weight excluding hydrogens is 448 g/mol. The van der Waals surface area contributed by atoms with Crippen LogP contribution in [-0.4, -0.2) is 41.6 Å². The highest BCUT2D eigenvalue weighted by Crippen LogP contribution is 2.09. The lowest BCUT2D eigenvalue weighted by Gasteiger charge is -2.21. The molecule has 0 radical (unpaired) electrons. The fraction of sp³-hybridized carbons (Fsp3) is 0.385. The molecule has 0 aliphatic rings. The zero-order valence-electron chi connectivity index (χ0n) is 20.0. The van der Waals surface area contributed by atoms with Crippen LogP contribution in [-0.2, 0) is 27.4 Å². The maximum Gasteiger partial charge on any atom is 0.335 e. The predicted molar refractivity (Wildman–Crippen MR) is 130 cm³/mol. The first-order valence-electron chi connectivity index (χ1n) is 11.5. The summed E-state index contributed by atoms with van der Waals surface area (Å²) >= 11 is 0. The molecule has 0 saturated heterocycles. The standard InChI is InChI=1S/C26H32N4O5/c1-3-4-11-24(31)30-29-23(14-19-8-5-7-18(2)12-19)25(32)28-22(15-27)17-35-16-20-9-6-10-21(13-20)26(33)34/h5-10,12-13,22-23,29H,3-4,11,14,16-17H2,1-2H3,(H,28,32)(H,30,31)(H,33,34)/t22-,23+/m1/s1. The summed E-state index contributed by atoms with van der Waals surface area (Å²) in [4.78, 5) is 36.1. The first kappa shape index (κ1) is 27.5. The second kappa shape index (κ2) is 14.5. The van der Waals surface area contributed by atoms with E-state index in [4.69, 9.17) is 9.84 Å². The Hall–Kier alpha value is -3.74. The second-order valence-electron chi connectivity index (χ2n) is 8.25. The van der Waals surface area contributed by atoms with Crippen LogP contribution in [0.2, 0.25) is 0 Å². The van der Waals surface area contributed by atoms with Crippen LogP contribution in [0.25, 0.3) is 0 Å². The predicted octanol–water partition coefficient (Wildman–Crippen LogP) is 2.64. The third kappa shape index (κ3) is 9.96. The second-order valence-corrected chi connectivity index (χ2v) is 8.25. The molecule has 0 unspecified atom stereocenters. The molecule has 2 amide bonds. The first-order chi connectivity index (χ1) is 16.8. The minimum atomic E-state index is -1.04. The van der Waals surface area contributed by atoms with E-state index in [1.54, 1.807) is 12.1 Å². The molecule has 0 spiro atoms. The molecule has 2 aromatic carbocycles. The summed E-state index contributed by atoms with van der Waals surface area (Å²) < 4.78 is 5.54. The molecule has 0 aliphatic carbocycles. The van der Waals surface area contributed by atoms with Crippen LogP contribution in [0.1, 0.15) is 53.2 Å². The largest absolute Gasteiger partial charge is 0.478 e. The van der Waals surface area contributed by atoms with E-state index in [9.17, 15) is 19.6 Å². The summed E-state index contributed by atoms with van der Waals surface area (Å²) in [6, 6.07) is 14.3. The molecule has 9 nitrogen and oxygen atoms in total. The van der Waals surface area contributed by atoms with Crippen molar-refractivity contribution in [3.8, 4) is 6.07 Å². The lowest BCUT2D eigenvalue weighted by molar-refractivity contribution is -0.126. The lowest BCUT2D eigenvalue weighted by atomic mass is 10.0. The van der Waals surface area contributed by atoms with Crippen molar-refractivity contribution in [2.45, 2.75) is 58.2 Å². The summed E-state index contributed by atoms with van der Waals surface area (Å²) in [7, 11) is 0. The minimum Gasteiger partial charge on any atom is -0.478 e. The molecular formula is C26H32N4O5. The number of ether oxygens (including phenoxy) is 1. The molecule has 2 atom stereocenters. The maximum absolute atomic E-state index is 13.0. The third-order valence-corrected chi connectivity index (χ3v) is 5.18. The zero-order chi connectivity index (χ0) is 25.6. The number of aryl methyl sites for hydroxylation is 1. The maximum atomic E-state index is 13.0. The van der Waals surface area contributed by atoms with Gasteiger partial charge in [0.2, 0.25) is 11.8 Å². The summed E-state index contributed by atoms with van der Waals surface area (Å²) in [6.45, 7) is 3.95. The van der Waals surface area contributed by atoms with Gasteiger partial charge in [-0.05, 0) is 43.0 Å². The Labute approximate surface area is 205 Å². The summed E-state index contributed by atoms with van der Waals surface area (Å²) in [5, 5.41) is 21.2. The third-order valence-electron chi connectivity index (χ3n) is 5.18. The number of hydrogen-bond donors (Lipinski definition) is 4. The van der Waals surface area contributed by atoms with E-state index in [2.05, 4.69) is 16.2 Å². The van der Waals surface area contributed by atoms with Crippen molar-refractivity contribution in [2.75, 3.05) is 6.61 Å². The van der Waals surface area contributed by atoms with Crippen LogP contribution in [0.15, 0.2) is 48.5 Å². The summed E-state index contributed by atoms with van der Waals surface area (Å²) in [6.07, 6.45) is 2.28. The smallest absolute Gasteiger partial charge is 0.335 e. The molecule has 0 aromatic heterocycles. The number of nitriles is 1. The van der Waals surface area contributed by atoms with Crippen LogP contribution in [0.4, 0.5) is 0 Å². The van der Waals surface area contributed by atoms with Crippen molar-refractivity contribution in [1.29, 1.82) is 5.26 Å². The monoisotopic (exact) mass is 480 g/mol. The molecule has 186 valence electrons. The number of carboxylic acids is 1. The Bertz CT molecular complexity index is 1050. The minimum absolute atomic E-state index is 0.0838. The average Bonchev–Trinajstić information content (AvgIpc) is 2.84. The van der Waals surface area contributed by atoms with Crippen molar-refractivity contribution in [2.24, 2.45) is 0 Å². The van der Waals surface area contributed by atoms with Gasteiger partial charge in [0.15, 0.2) is 0 Å².